The Balaban J connectivity index is 1.26. The van der Waals surface area contributed by atoms with Crippen LogP contribution in [0.1, 0.15) is 37.0 Å². The van der Waals surface area contributed by atoms with Crippen LogP contribution < -0.4 is 0 Å². The van der Waals surface area contributed by atoms with Crippen LogP contribution in [-0.2, 0) is 24.7 Å². The van der Waals surface area contributed by atoms with E-state index in [4.69, 9.17) is 4.74 Å². The molecule has 1 spiro atoms. The van der Waals surface area contributed by atoms with Gasteiger partial charge in [-0.3, -0.25) is 14.5 Å². The van der Waals surface area contributed by atoms with E-state index in [1.165, 1.54) is 7.11 Å². The standard InChI is InChI=1S/C34H37N3O4/c1-24(2)29(31(39)41-3)36-20-19-33(32(36)40)22-35(23-33)30(38)28-21-37(28)34(25-13-7-4-8-14-25,26-15-9-5-10-16-26)27-17-11-6-12-18-27/h4-18,24,28-29H,19-23H2,1-3H3/t28-,29+,37?/m1/s1. The molecule has 1 unspecified atom stereocenters. The van der Waals surface area contributed by atoms with E-state index in [2.05, 4.69) is 41.3 Å². The van der Waals surface area contributed by atoms with Gasteiger partial charge in [-0.25, -0.2) is 4.79 Å². The zero-order valence-electron chi connectivity index (χ0n) is 23.9. The van der Waals surface area contributed by atoms with Crippen LogP contribution in [0.5, 0.6) is 0 Å². The van der Waals surface area contributed by atoms with E-state index in [9.17, 15) is 14.4 Å². The van der Waals surface area contributed by atoms with E-state index in [0.29, 0.717) is 32.6 Å². The lowest BCUT2D eigenvalue weighted by molar-refractivity contribution is -0.161. The number of benzene rings is 3. The maximum Gasteiger partial charge on any atom is 0.328 e. The number of amides is 2. The molecule has 3 saturated heterocycles. The summed E-state index contributed by atoms with van der Waals surface area (Å²) in [5, 5.41) is 0. The minimum atomic E-state index is -0.627. The van der Waals surface area contributed by atoms with E-state index >= 15 is 0 Å². The highest BCUT2D eigenvalue weighted by atomic mass is 16.5. The minimum absolute atomic E-state index is 0.0366. The van der Waals surface area contributed by atoms with Crippen LogP contribution in [0.2, 0.25) is 0 Å². The molecule has 3 aromatic carbocycles. The van der Waals surface area contributed by atoms with Gasteiger partial charge in [-0.15, -0.1) is 0 Å². The second-order valence-corrected chi connectivity index (χ2v) is 11.9. The average molecular weight is 552 g/mol. The van der Waals surface area contributed by atoms with Crippen LogP contribution in [-0.4, -0.2) is 77.9 Å². The van der Waals surface area contributed by atoms with Crippen LogP contribution in [0.3, 0.4) is 0 Å². The summed E-state index contributed by atoms with van der Waals surface area (Å²) in [4.78, 5) is 45.8. The number of carbonyl (C=O) groups excluding carboxylic acids is 3. The first-order valence-electron chi connectivity index (χ1n) is 14.4. The number of hydrogen-bond donors (Lipinski definition) is 0. The molecule has 3 fully saturated rings. The highest BCUT2D eigenvalue weighted by molar-refractivity contribution is 5.94. The largest absolute Gasteiger partial charge is 0.467 e. The Morgan fingerprint density at radius 1 is 0.854 bits per heavy atom. The van der Waals surface area contributed by atoms with Crippen LogP contribution in [0.25, 0.3) is 0 Å². The Kier molecular flexibility index (Phi) is 6.94. The van der Waals surface area contributed by atoms with Gasteiger partial charge in [0.2, 0.25) is 11.8 Å². The molecule has 41 heavy (non-hydrogen) atoms. The molecule has 3 heterocycles. The Bertz CT molecular complexity index is 1320. The summed E-state index contributed by atoms with van der Waals surface area (Å²) in [6, 6.07) is 30.3. The summed E-state index contributed by atoms with van der Waals surface area (Å²) in [5.41, 5.74) is 2.09. The van der Waals surface area contributed by atoms with Crippen molar-refractivity contribution in [3.8, 4) is 0 Å². The third-order valence-electron chi connectivity index (χ3n) is 9.16. The molecule has 3 aliphatic rings. The van der Waals surface area contributed by atoms with Gasteiger partial charge in [-0.2, -0.15) is 0 Å². The Labute approximate surface area is 241 Å². The fourth-order valence-electron chi connectivity index (χ4n) is 7.09. The van der Waals surface area contributed by atoms with E-state index in [1.807, 2.05) is 73.3 Å². The predicted octanol–water partition coefficient (Wildman–Crippen LogP) is 3.92. The van der Waals surface area contributed by atoms with Crippen molar-refractivity contribution in [2.24, 2.45) is 11.3 Å². The van der Waals surface area contributed by atoms with Crippen molar-refractivity contribution in [3.63, 3.8) is 0 Å². The number of methoxy groups -OCH3 is 1. The molecule has 0 aromatic heterocycles. The van der Waals surface area contributed by atoms with Crippen molar-refractivity contribution >= 4 is 17.8 Å². The van der Waals surface area contributed by atoms with Crippen molar-refractivity contribution in [2.45, 2.75) is 37.9 Å². The molecule has 0 aliphatic carbocycles. The quantitative estimate of drug-likeness (QED) is 0.241. The molecule has 7 nitrogen and oxygen atoms in total. The van der Waals surface area contributed by atoms with E-state index < -0.39 is 17.0 Å². The number of likely N-dealkylation sites (tertiary alicyclic amines) is 2. The van der Waals surface area contributed by atoms with Gasteiger partial charge in [0.05, 0.1) is 18.1 Å². The van der Waals surface area contributed by atoms with Gasteiger partial charge in [0.25, 0.3) is 0 Å². The van der Waals surface area contributed by atoms with Crippen LogP contribution in [0.4, 0.5) is 0 Å². The lowest BCUT2D eigenvalue weighted by atomic mass is 9.76. The molecule has 2 amide bonds. The van der Waals surface area contributed by atoms with Gasteiger partial charge in [0.1, 0.15) is 12.1 Å². The lowest BCUT2D eigenvalue weighted by Gasteiger charge is -2.47. The summed E-state index contributed by atoms with van der Waals surface area (Å²) < 4.78 is 5.00. The number of nitrogens with zero attached hydrogens (tertiary/aromatic N) is 3. The molecule has 0 bridgehead atoms. The number of rotatable bonds is 8. The molecule has 0 saturated carbocycles. The molecule has 0 N–H and O–H groups in total. The van der Waals surface area contributed by atoms with Crippen LogP contribution >= 0.6 is 0 Å². The lowest BCUT2D eigenvalue weighted by Crippen LogP contribution is -2.63. The second-order valence-electron chi connectivity index (χ2n) is 11.9. The maximum absolute atomic E-state index is 13.9. The fraction of sp³-hybridized carbons (Fsp3) is 0.382. The summed E-state index contributed by atoms with van der Waals surface area (Å²) in [6.45, 7) is 5.78. The van der Waals surface area contributed by atoms with E-state index in [1.54, 1.807) is 4.90 Å². The maximum atomic E-state index is 13.9. The third-order valence-corrected chi connectivity index (χ3v) is 9.16. The smallest absolute Gasteiger partial charge is 0.328 e. The first-order chi connectivity index (χ1) is 19.8. The zero-order valence-corrected chi connectivity index (χ0v) is 23.9. The van der Waals surface area contributed by atoms with Crippen LogP contribution in [0, 0.1) is 11.3 Å². The Morgan fingerprint density at radius 3 is 1.78 bits per heavy atom. The summed E-state index contributed by atoms with van der Waals surface area (Å²) in [7, 11) is 1.36. The first-order valence-corrected chi connectivity index (χ1v) is 14.4. The molecular formula is C34H37N3O4. The van der Waals surface area contributed by atoms with Gasteiger partial charge in [0, 0.05) is 26.2 Å². The highest BCUT2D eigenvalue weighted by Crippen LogP contribution is 2.50. The molecule has 0 radical (unpaired) electrons. The van der Waals surface area contributed by atoms with Gasteiger partial charge in [0.15, 0.2) is 0 Å². The SMILES string of the molecule is COC(=O)[C@H](C(C)C)N1CCC2(CN(C(=O)[C@H]3CN3C(c3ccccc3)(c3ccccc3)c3ccccc3)C2)C1=O. The summed E-state index contributed by atoms with van der Waals surface area (Å²) in [5.74, 6) is -0.417. The third kappa shape index (κ3) is 4.34. The van der Waals surface area contributed by atoms with Gasteiger partial charge in [-0.05, 0) is 29.0 Å². The molecule has 7 heteroatoms. The highest BCUT2D eigenvalue weighted by Gasteiger charge is 2.62. The molecule has 6 rings (SSSR count). The first kappa shape index (κ1) is 27.2. The Hall–Kier alpha value is -3.97. The number of hydrogen-bond acceptors (Lipinski definition) is 5. The number of carbonyl (C=O) groups is 3. The van der Waals surface area contributed by atoms with Gasteiger partial charge < -0.3 is 14.5 Å². The van der Waals surface area contributed by atoms with E-state index in [0.717, 1.165) is 16.7 Å². The fourth-order valence-corrected chi connectivity index (χ4v) is 7.09. The zero-order chi connectivity index (χ0) is 28.8. The molecular weight excluding hydrogens is 514 g/mol. The van der Waals surface area contributed by atoms with Crippen molar-refractivity contribution in [1.82, 2.24) is 14.7 Å². The van der Waals surface area contributed by atoms with Crippen molar-refractivity contribution in [1.29, 1.82) is 0 Å². The van der Waals surface area contributed by atoms with Gasteiger partial charge >= 0.3 is 5.97 Å². The predicted molar refractivity (Wildman–Crippen MR) is 156 cm³/mol. The summed E-state index contributed by atoms with van der Waals surface area (Å²) >= 11 is 0. The number of ether oxygens (including phenoxy) is 1. The molecule has 3 aliphatic heterocycles. The van der Waals surface area contributed by atoms with E-state index in [-0.39, 0.29) is 29.7 Å². The van der Waals surface area contributed by atoms with Crippen molar-refractivity contribution < 1.29 is 19.1 Å². The average Bonchev–Trinajstić information content (AvgIpc) is 3.71. The van der Waals surface area contributed by atoms with Crippen molar-refractivity contribution in [3.05, 3.63) is 108 Å². The number of esters is 1. The molecule has 3 atom stereocenters. The molecule has 3 aromatic rings. The second kappa shape index (κ2) is 10.5. The summed E-state index contributed by atoms with van der Waals surface area (Å²) in [6.07, 6.45) is 0.645. The topological polar surface area (TPSA) is 69.9 Å². The van der Waals surface area contributed by atoms with Crippen LogP contribution in [0.15, 0.2) is 91.0 Å². The monoisotopic (exact) mass is 551 g/mol. The van der Waals surface area contributed by atoms with Crippen molar-refractivity contribution in [2.75, 3.05) is 33.3 Å². The Morgan fingerprint density at radius 2 is 1.34 bits per heavy atom. The molecule has 212 valence electrons. The normalized spacial score (nSPS) is 22.0. The minimum Gasteiger partial charge on any atom is -0.467 e. The van der Waals surface area contributed by atoms with Gasteiger partial charge in [-0.1, -0.05) is 105 Å².